The molecule has 0 spiro atoms. The number of fused-ring (bicyclic) bond motifs is 2. The summed E-state index contributed by atoms with van der Waals surface area (Å²) in [7, 11) is 0. The molecule has 0 aromatic heterocycles. The molecule has 0 aliphatic carbocycles. The standard InChI is InChI=1S/C19H14N2O4/c22-16-9-14-4-2-1-3-13(14)8-15(16)19(23)21-20-10-12-5-6-17-18(7-12)25-11-24-17/h1-10,22H,11H2,(H,21,23)/b20-10+. The number of phenolic OH excluding ortho intramolecular Hbond substituents is 1. The topological polar surface area (TPSA) is 80.2 Å². The van der Waals surface area contributed by atoms with Crippen molar-refractivity contribution in [3.63, 3.8) is 0 Å². The van der Waals surface area contributed by atoms with Gasteiger partial charge in [-0.2, -0.15) is 5.10 Å². The van der Waals surface area contributed by atoms with Crippen molar-refractivity contribution in [1.82, 2.24) is 5.43 Å². The number of hydrazone groups is 1. The molecule has 25 heavy (non-hydrogen) atoms. The van der Waals surface area contributed by atoms with E-state index in [0.29, 0.717) is 11.5 Å². The van der Waals surface area contributed by atoms with Crippen LogP contribution in [0.3, 0.4) is 0 Å². The maximum absolute atomic E-state index is 12.3. The van der Waals surface area contributed by atoms with E-state index in [2.05, 4.69) is 10.5 Å². The Morgan fingerprint density at radius 1 is 1.04 bits per heavy atom. The number of benzene rings is 3. The number of carbonyl (C=O) groups is 1. The van der Waals surface area contributed by atoms with Crippen LogP contribution in [0.1, 0.15) is 15.9 Å². The van der Waals surface area contributed by atoms with Crippen LogP contribution < -0.4 is 14.9 Å². The predicted octanol–water partition coefficient (Wildman–Crippen LogP) is 3.04. The summed E-state index contributed by atoms with van der Waals surface area (Å²) in [4.78, 5) is 12.3. The van der Waals surface area contributed by atoms with Crippen LogP contribution in [0, 0.1) is 0 Å². The van der Waals surface area contributed by atoms with Gasteiger partial charge in [-0.05, 0) is 46.7 Å². The van der Waals surface area contributed by atoms with Crippen LogP contribution >= 0.6 is 0 Å². The molecule has 4 rings (SSSR count). The average molecular weight is 334 g/mol. The highest BCUT2D eigenvalue weighted by Gasteiger charge is 2.13. The van der Waals surface area contributed by atoms with Gasteiger partial charge in [0.05, 0.1) is 11.8 Å². The highest BCUT2D eigenvalue weighted by Crippen LogP contribution is 2.32. The van der Waals surface area contributed by atoms with E-state index >= 15 is 0 Å². The second-order valence-electron chi connectivity index (χ2n) is 5.53. The highest BCUT2D eigenvalue weighted by atomic mass is 16.7. The first kappa shape index (κ1) is 15.0. The Morgan fingerprint density at radius 2 is 1.80 bits per heavy atom. The van der Waals surface area contributed by atoms with E-state index in [1.807, 2.05) is 24.3 Å². The smallest absolute Gasteiger partial charge is 0.275 e. The number of aromatic hydroxyl groups is 1. The number of hydrogen-bond acceptors (Lipinski definition) is 5. The zero-order chi connectivity index (χ0) is 17.2. The van der Waals surface area contributed by atoms with Crippen LogP contribution in [-0.4, -0.2) is 24.0 Å². The van der Waals surface area contributed by atoms with Crippen LogP contribution in [0.5, 0.6) is 17.2 Å². The fourth-order valence-corrected chi connectivity index (χ4v) is 2.63. The van der Waals surface area contributed by atoms with Crippen molar-refractivity contribution < 1.29 is 19.4 Å². The van der Waals surface area contributed by atoms with E-state index in [0.717, 1.165) is 16.3 Å². The fourth-order valence-electron chi connectivity index (χ4n) is 2.63. The summed E-state index contributed by atoms with van der Waals surface area (Å²) in [5.41, 5.74) is 3.34. The van der Waals surface area contributed by atoms with Gasteiger partial charge >= 0.3 is 0 Å². The summed E-state index contributed by atoms with van der Waals surface area (Å²) in [6, 6.07) is 16.0. The molecule has 6 nitrogen and oxygen atoms in total. The Bertz CT molecular complexity index is 998. The second kappa shape index (κ2) is 6.16. The minimum absolute atomic E-state index is 0.0884. The first-order valence-electron chi connectivity index (χ1n) is 7.65. The van der Waals surface area contributed by atoms with Gasteiger partial charge in [-0.1, -0.05) is 24.3 Å². The summed E-state index contributed by atoms with van der Waals surface area (Å²) in [5, 5.41) is 15.7. The molecule has 0 atom stereocenters. The van der Waals surface area contributed by atoms with Gasteiger partial charge in [0.15, 0.2) is 11.5 Å². The van der Waals surface area contributed by atoms with Crippen molar-refractivity contribution in [2.45, 2.75) is 0 Å². The number of rotatable bonds is 3. The average Bonchev–Trinajstić information content (AvgIpc) is 3.09. The predicted molar refractivity (Wildman–Crippen MR) is 93.2 cm³/mol. The quantitative estimate of drug-likeness (QED) is 0.570. The van der Waals surface area contributed by atoms with Gasteiger partial charge in [0, 0.05) is 0 Å². The first-order chi connectivity index (χ1) is 12.2. The van der Waals surface area contributed by atoms with Crippen LogP contribution in [0.25, 0.3) is 10.8 Å². The van der Waals surface area contributed by atoms with E-state index in [4.69, 9.17) is 9.47 Å². The molecule has 0 unspecified atom stereocenters. The summed E-state index contributed by atoms with van der Waals surface area (Å²) in [5.74, 6) is 0.749. The van der Waals surface area contributed by atoms with E-state index in [9.17, 15) is 9.90 Å². The lowest BCUT2D eigenvalue weighted by Gasteiger charge is -2.05. The van der Waals surface area contributed by atoms with Crippen LogP contribution in [0.4, 0.5) is 0 Å². The number of amides is 1. The molecule has 0 saturated carbocycles. The summed E-state index contributed by atoms with van der Waals surface area (Å²) < 4.78 is 10.5. The Morgan fingerprint density at radius 3 is 2.64 bits per heavy atom. The van der Waals surface area contributed by atoms with Gasteiger partial charge in [0.2, 0.25) is 6.79 Å². The third-order valence-corrected chi connectivity index (χ3v) is 3.88. The highest BCUT2D eigenvalue weighted by molar-refractivity contribution is 6.01. The van der Waals surface area contributed by atoms with E-state index < -0.39 is 5.91 Å². The monoisotopic (exact) mass is 334 g/mol. The second-order valence-corrected chi connectivity index (χ2v) is 5.53. The maximum Gasteiger partial charge on any atom is 0.275 e. The third-order valence-electron chi connectivity index (χ3n) is 3.88. The molecule has 0 radical (unpaired) electrons. The van der Waals surface area contributed by atoms with Gasteiger partial charge in [-0.3, -0.25) is 4.79 Å². The van der Waals surface area contributed by atoms with E-state index in [-0.39, 0.29) is 18.1 Å². The van der Waals surface area contributed by atoms with Crippen molar-refractivity contribution in [3.8, 4) is 17.2 Å². The lowest BCUT2D eigenvalue weighted by Crippen LogP contribution is -2.17. The van der Waals surface area contributed by atoms with Crippen molar-refractivity contribution in [2.75, 3.05) is 6.79 Å². The van der Waals surface area contributed by atoms with Gasteiger partial charge in [-0.25, -0.2) is 5.43 Å². The zero-order valence-electron chi connectivity index (χ0n) is 13.1. The summed E-state index contributed by atoms with van der Waals surface area (Å²) in [6.07, 6.45) is 1.50. The van der Waals surface area contributed by atoms with E-state index in [1.54, 1.807) is 30.3 Å². The van der Waals surface area contributed by atoms with Crippen molar-refractivity contribution >= 4 is 22.9 Å². The number of hydrogen-bond donors (Lipinski definition) is 2. The number of nitrogens with zero attached hydrogens (tertiary/aromatic N) is 1. The minimum Gasteiger partial charge on any atom is -0.507 e. The molecule has 124 valence electrons. The van der Waals surface area contributed by atoms with E-state index in [1.165, 1.54) is 6.21 Å². The largest absolute Gasteiger partial charge is 0.507 e. The van der Waals surface area contributed by atoms with Crippen LogP contribution in [0.15, 0.2) is 59.7 Å². The molecular formula is C19H14N2O4. The number of carbonyl (C=O) groups excluding carboxylic acids is 1. The molecule has 1 aliphatic rings. The molecule has 1 heterocycles. The van der Waals surface area contributed by atoms with Crippen molar-refractivity contribution in [3.05, 3.63) is 65.7 Å². The number of phenols is 1. The van der Waals surface area contributed by atoms with Gasteiger partial charge in [-0.15, -0.1) is 0 Å². The SMILES string of the molecule is O=C(N/N=C/c1ccc2c(c1)OCO2)c1cc2ccccc2cc1O. The lowest BCUT2D eigenvalue weighted by atomic mass is 10.1. The summed E-state index contributed by atoms with van der Waals surface area (Å²) in [6.45, 7) is 0.202. The molecule has 1 aliphatic heterocycles. The van der Waals surface area contributed by atoms with Gasteiger partial charge < -0.3 is 14.6 Å². The van der Waals surface area contributed by atoms with Gasteiger partial charge in [0.25, 0.3) is 5.91 Å². The Kier molecular flexibility index (Phi) is 3.70. The molecule has 0 fully saturated rings. The first-order valence-corrected chi connectivity index (χ1v) is 7.65. The third kappa shape index (κ3) is 2.97. The van der Waals surface area contributed by atoms with Crippen LogP contribution in [-0.2, 0) is 0 Å². The Hall–Kier alpha value is -3.54. The van der Waals surface area contributed by atoms with Gasteiger partial charge in [0.1, 0.15) is 5.75 Å². The zero-order valence-corrected chi connectivity index (χ0v) is 13.1. The Balaban J connectivity index is 1.51. The van der Waals surface area contributed by atoms with Crippen LogP contribution in [0.2, 0.25) is 0 Å². The van der Waals surface area contributed by atoms with Crippen molar-refractivity contribution in [2.24, 2.45) is 5.10 Å². The maximum atomic E-state index is 12.3. The van der Waals surface area contributed by atoms with Crippen molar-refractivity contribution in [1.29, 1.82) is 0 Å². The molecule has 0 saturated heterocycles. The molecule has 3 aromatic carbocycles. The molecule has 1 amide bonds. The summed E-state index contributed by atoms with van der Waals surface area (Å²) >= 11 is 0. The Labute approximate surface area is 143 Å². The number of nitrogens with one attached hydrogen (secondary N) is 1. The lowest BCUT2D eigenvalue weighted by molar-refractivity contribution is 0.0952. The normalized spacial score (nSPS) is 12.6. The fraction of sp³-hybridized carbons (Fsp3) is 0.0526. The molecule has 0 bridgehead atoms. The molecule has 6 heteroatoms. The molecular weight excluding hydrogens is 320 g/mol. The number of ether oxygens (including phenoxy) is 2. The molecule has 2 N–H and O–H groups in total. The molecule has 3 aromatic rings. The minimum atomic E-state index is -0.486.